The van der Waals surface area contributed by atoms with E-state index in [1.54, 1.807) is 42.7 Å². The van der Waals surface area contributed by atoms with E-state index in [2.05, 4.69) is 15.0 Å². The summed E-state index contributed by atoms with van der Waals surface area (Å²) in [6.07, 6.45) is 7.26. The topological polar surface area (TPSA) is 71.1 Å². The molecule has 1 heterocycles. The molecule has 0 saturated carbocycles. The van der Waals surface area contributed by atoms with E-state index < -0.39 is 10.0 Å². The van der Waals surface area contributed by atoms with Crippen molar-refractivity contribution in [1.82, 2.24) is 4.98 Å². The molecule has 0 amide bonds. The zero-order valence-electron chi connectivity index (χ0n) is 16.2. The number of para-hydroxylation sites is 2. The second-order valence-corrected chi connectivity index (χ2v) is 8.35. The number of pyridine rings is 1. The van der Waals surface area contributed by atoms with Crippen LogP contribution >= 0.6 is 0 Å². The lowest BCUT2D eigenvalue weighted by molar-refractivity contribution is 0.602. The summed E-state index contributed by atoms with van der Waals surface area (Å²) >= 11 is 0. The largest absolute Gasteiger partial charge is 0.380 e. The highest BCUT2D eigenvalue weighted by atomic mass is 32.2. The number of hydrogen-bond donors (Lipinski definition) is 2. The van der Waals surface area contributed by atoms with Crippen LogP contribution in [-0.2, 0) is 10.0 Å². The molecule has 0 fully saturated rings. The van der Waals surface area contributed by atoms with Gasteiger partial charge in [0.05, 0.1) is 16.3 Å². The van der Waals surface area contributed by atoms with Crippen molar-refractivity contribution in [3.05, 3.63) is 103 Å². The molecule has 0 aliphatic rings. The number of nitrogens with one attached hydrogen (secondary N) is 2. The fourth-order valence-corrected chi connectivity index (χ4v) is 4.49. The molecule has 3 aromatic carbocycles. The van der Waals surface area contributed by atoms with Crippen molar-refractivity contribution < 1.29 is 8.42 Å². The normalized spacial score (nSPS) is 11.6. The standard InChI is InChI=1S/C24H21N3O2S/c28-30(29,24-14-6-11-20-18-25-17-15-21(20)24)27-23-13-5-4-12-22(23)26-16-7-10-19-8-2-1-3-9-19/h1-15,17-18,26-27H,16H2. The number of nitrogens with zero attached hydrogens (tertiary/aromatic N) is 1. The van der Waals surface area contributed by atoms with Gasteiger partial charge in [-0.25, -0.2) is 8.42 Å². The number of fused-ring (bicyclic) bond motifs is 1. The lowest BCUT2D eigenvalue weighted by Gasteiger charge is -2.14. The first-order valence-electron chi connectivity index (χ1n) is 9.53. The average molecular weight is 416 g/mol. The monoisotopic (exact) mass is 415 g/mol. The van der Waals surface area contributed by atoms with Gasteiger partial charge in [0.25, 0.3) is 10.0 Å². The molecule has 0 aliphatic carbocycles. The predicted molar refractivity (Wildman–Crippen MR) is 123 cm³/mol. The van der Waals surface area contributed by atoms with Gasteiger partial charge < -0.3 is 5.32 Å². The Bertz CT molecular complexity index is 1280. The predicted octanol–water partition coefficient (Wildman–Crippen LogP) is 5.16. The van der Waals surface area contributed by atoms with E-state index in [1.165, 1.54) is 0 Å². The maximum absolute atomic E-state index is 13.1. The lowest BCUT2D eigenvalue weighted by atomic mass is 10.2. The number of aromatic nitrogens is 1. The molecule has 0 atom stereocenters. The fraction of sp³-hybridized carbons (Fsp3) is 0.0417. The van der Waals surface area contributed by atoms with Crippen molar-refractivity contribution in [2.75, 3.05) is 16.6 Å². The van der Waals surface area contributed by atoms with Crippen LogP contribution in [0.1, 0.15) is 5.56 Å². The van der Waals surface area contributed by atoms with Crippen LogP contribution in [0.2, 0.25) is 0 Å². The highest BCUT2D eigenvalue weighted by Crippen LogP contribution is 2.27. The second-order valence-electron chi connectivity index (χ2n) is 6.70. The Labute approximate surface area is 176 Å². The highest BCUT2D eigenvalue weighted by molar-refractivity contribution is 7.93. The molecule has 4 aromatic rings. The molecule has 0 radical (unpaired) electrons. The molecule has 150 valence electrons. The third kappa shape index (κ3) is 4.50. The minimum Gasteiger partial charge on any atom is -0.380 e. The maximum Gasteiger partial charge on any atom is 0.262 e. The Morgan fingerprint density at radius 1 is 0.833 bits per heavy atom. The summed E-state index contributed by atoms with van der Waals surface area (Å²) < 4.78 is 28.9. The second kappa shape index (κ2) is 8.80. The van der Waals surface area contributed by atoms with Gasteiger partial charge in [-0.2, -0.15) is 0 Å². The van der Waals surface area contributed by atoms with Gasteiger partial charge in [0.2, 0.25) is 0 Å². The van der Waals surface area contributed by atoms with Gasteiger partial charge in [0.15, 0.2) is 0 Å². The number of anilines is 2. The van der Waals surface area contributed by atoms with E-state index in [-0.39, 0.29) is 4.90 Å². The molecule has 0 bridgehead atoms. The molecule has 0 aliphatic heterocycles. The lowest BCUT2D eigenvalue weighted by Crippen LogP contribution is -2.15. The Kier molecular flexibility index (Phi) is 5.77. The first-order valence-corrected chi connectivity index (χ1v) is 11.0. The van der Waals surface area contributed by atoms with Gasteiger partial charge in [0, 0.05) is 29.7 Å². The Balaban J connectivity index is 1.54. The van der Waals surface area contributed by atoms with E-state index in [0.717, 1.165) is 10.9 Å². The van der Waals surface area contributed by atoms with Crippen molar-refractivity contribution in [3.8, 4) is 0 Å². The zero-order chi connectivity index (χ0) is 20.8. The fourth-order valence-electron chi connectivity index (χ4n) is 3.18. The molecule has 0 spiro atoms. The van der Waals surface area contributed by atoms with Gasteiger partial charge in [-0.15, -0.1) is 0 Å². The Morgan fingerprint density at radius 2 is 1.60 bits per heavy atom. The first-order chi connectivity index (χ1) is 14.6. The molecule has 4 rings (SSSR count). The summed E-state index contributed by atoms with van der Waals surface area (Å²) in [4.78, 5) is 4.29. The molecule has 30 heavy (non-hydrogen) atoms. The molecule has 0 saturated heterocycles. The minimum atomic E-state index is -3.77. The van der Waals surface area contributed by atoms with Crippen LogP contribution in [0.4, 0.5) is 11.4 Å². The highest BCUT2D eigenvalue weighted by Gasteiger charge is 2.18. The Hall–Kier alpha value is -3.64. The summed E-state index contributed by atoms with van der Waals surface area (Å²) in [5.41, 5.74) is 2.32. The van der Waals surface area contributed by atoms with Gasteiger partial charge in [-0.05, 0) is 29.8 Å². The van der Waals surface area contributed by atoms with Gasteiger partial charge in [-0.3, -0.25) is 9.71 Å². The van der Waals surface area contributed by atoms with E-state index in [1.807, 2.05) is 60.7 Å². The van der Waals surface area contributed by atoms with Crippen LogP contribution < -0.4 is 10.0 Å². The summed E-state index contributed by atoms with van der Waals surface area (Å²) in [6.45, 7) is 0.563. The van der Waals surface area contributed by atoms with Crippen molar-refractivity contribution in [3.63, 3.8) is 0 Å². The smallest absolute Gasteiger partial charge is 0.262 e. The third-order valence-corrected chi connectivity index (χ3v) is 6.05. The van der Waals surface area contributed by atoms with E-state index >= 15 is 0 Å². The maximum atomic E-state index is 13.1. The SMILES string of the molecule is O=S(=O)(Nc1ccccc1NCC=Cc1ccccc1)c1cccc2cnccc12. The van der Waals surface area contributed by atoms with Crippen molar-refractivity contribution in [2.45, 2.75) is 4.90 Å². The number of sulfonamides is 1. The number of rotatable bonds is 7. The molecular weight excluding hydrogens is 394 g/mol. The summed E-state index contributed by atoms with van der Waals surface area (Å²) in [5, 5.41) is 4.68. The number of benzene rings is 3. The zero-order valence-corrected chi connectivity index (χ0v) is 17.0. The summed E-state index contributed by atoms with van der Waals surface area (Å²) in [6, 6.07) is 24.1. The molecule has 0 unspecified atom stereocenters. The first kappa shape index (κ1) is 19.7. The van der Waals surface area contributed by atoms with E-state index in [4.69, 9.17) is 0 Å². The van der Waals surface area contributed by atoms with E-state index in [9.17, 15) is 8.42 Å². The van der Waals surface area contributed by atoms with E-state index in [0.29, 0.717) is 23.3 Å². The molecular formula is C24H21N3O2S. The van der Waals surface area contributed by atoms with Crippen LogP contribution in [0, 0.1) is 0 Å². The quantitative estimate of drug-likeness (QED) is 0.437. The van der Waals surface area contributed by atoms with Crippen LogP contribution in [0.3, 0.4) is 0 Å². The molecule has 5 nitrogen and oxygen atoms in total. The van der Waals surface area contributed by atoms with Crippen LogP contribution in [-0.4, -0.2) is 19.9 Å². The van der Waals surface area contributed by atoms with Crippen molar-refractivity contribution in [1.29, 1.82) is 0 Å². The summed E-state index contributed by atoms with van der Waals surface area (Å²) in [5.74, 6) is 0. The van der Waals surface area contributed by atoms with Gasteiger partial charge in [-0.1, -0.05) is 66.7 Å². The summed E-state index contributed by atoms with van der Waals surface area (Å²) in [7, 11) is -3.77. The van der Waals surface area contributed by atoms with Crippen molar-refractivity contribution >= 4 is 38.2 Å². The Morgan fingerprint density at radius 3 is 2.43 bits per heavy atom. The van der Waals surface area contributed by atoms with Gasteiger partial charge >= 0.3 is 0 Å². The average Bonchev–Trinajstić information content (AvgIpc) is 2.78. The number of hydrogen-bond acceptors (Lipinski definition) is 4. The van der Waals surface area contributed by atoms with Crippen LogP contribution in [0.25, 0.3) is 16.8 Å². The molecule has 1 aromatic heterocycles. The molecule has 2 N–H and O–H groups in total. The minimum absolute atomic E-state index is 0.223. The third-order valence-electron chi connectivity index (χ3n) is 4.62. The van der Waals surface area contributed by atoms with Crippen molar-refractivity contribution in [2.24, 2.45) is 0 Å². The molecule has 6 heteroatoms. The van der Waals surface area contributed by atoms with Crippen LogP contribution in [0.5, 0.6) is 0 Å². The van der Waals surface area contributed by atoms with Crippen LogP contribution in [0.15, 0.2) is 102 Å². The van der Waals surface area contributed by atoms with Gasteiger partial charge in [0.1, 0.15) is 0 Å².